The van der Waals surface area contributed by atoms with Gasteiger partial charge in [-0.2, -0.15) is 17.9 Å². The summed E-state index contributed by atoms with van der Waals surface area (Å²) in [6.45, 7) is 3.23. The molecule has 0 radical (unpaired) electrons. The minimum Gasteiger partial charge on any atom is -0.399 e. The lowest BCUT2D eigenvalue weighted by Crippen LogP contribution is -2.44. The molecule has 2 fully saturated rings. The van der Waals surface area contributed by atoms with E-state index >= 15 is 0 Å². The molecule has 174 valence electrons. The van der Waals surface area contributed by atoms with Crippen LogP contribution in [0, 0.1) is 11.8 Å². The number of carbonyl (C=O) groups excluding carboxylic acids is 2. The molecule has 2 saturated heterocycles. The molecule has 8 nitrogen and oxygen atoms in total. The summed E-state index contributed by atoms with van der Waals surface area (Å²) in [4.78, 5) is 28.6. The molecule has 2 aromatic rings. The van der Waals surface area contributed by atoms with Gasteiger partial charge in [-0.15, -0.1) is 5.10 Å². The molecule has 4 rings (SSSR count). The van der Waals surface area contributed by atoms with Gasteiger partial charge in [0.15, 0.2) is 0 Å². The molecule has 3 heterocycles. The van der Waals surface area contributed by atoms with Crippen LogP contribution in [0.1, 0.15) is 32.6 Å². The zero-order valence-corrected chi connectivity index (χ0v) is 17.8. The molecule has 2 aliphatic heterocycles. The van der Waals surface area contributed by atoms with Crippen molar-refractivity contribution in [2.45, 2.75) is 38.8 Å². The summed E-state index contributed by atoms with van der Waals surface area (Å²) < 4.78 is 45.4. The number of nitrogens with two attached hydrogens (primary N) is 1. The Balaban J connectivity index is 1.55. The first-order chi connectivity index (χ1) is 15.1. The summed E-state index contributed by atoms with van der Waals surface area (Å²) in [6, 6.07) is 4.17. The molecule has 0 saturated carbocycles. The number of likely N-dealkylation sites (tertiary alicyclic amines) is 2. The van der Waals surface area contributed by atoms with E-state index in [0.29, 0.717) is 35.6 Å². The van der Waals surface area contributed by atoms with Crippen molar-refractivity contribution < 1.29 is 27.5 Å². The van der Waals surface area contributed by atoms with Crippen molar-refractivity contribution in [2.24, 2.45) is 11.8 Å². The van der Waals surface area contributed by atoms with Crippen LogP contribution in [0.5, 0.6) is 5.88 Å². The lowest BCUT2D eigenvalue weighted by atomic mass is 9.96. The minimum atomic E-state index is -4.27. The van der Waals surface area contributed by atoms with Crippen molar-refractivity contribution in [1.29, 1.82) is 0 Å². The summed E-state index contributed by atoms with van der Waals surface area (Å²) >= 11 is 0. The second kappa shape index (κ2) is 8.51. The maximum Gasteiger partial charge on any atom is 0.416 e. The van der Waals surface area contributed by atoms with Gasteiger partial charge in [-0.25, -0.2) is 9.59 Å². The van der Waals surface area contributed by atoms with E-state index in [4.69, 9.17) is 10.5 Å². The monoisotopic (exact) mass is 453 g/mol. The highest BCUT2D eigenvalue weighted by atomic mass is 19.4. The highest BCUT2D eigenvalue weighted by Gasteiger charge is 2.42. The molecule has 1 aromatic carbocycles. The molecule has 32 heavy (non-hydrogen) atoms. The Labute approximate surface area is 183 Å². The van der Waals surface area contributed by atoms with E-state index in [1.54, 1.807) is 17.0 Å². The van der Waals surface area contributed by atoms with Crippen molar-refractivity contribution >= 4 is 28.7 Å². The van der Waals surface area contributed by atoms with E-state index in [1.807, 2.05) is 0 Å². The maximum atomic E-state index is 13.1. The normalized spacial score (nSPS) is 18.9. The van der Waals surface area contributed by atoms with Gasteiger partial charge in [-0.05, 0) is 49.8 Å². The zero-order valence-electron chi connectivity index (χ0n) is 17.8. The third kappa shape index (κ3) is 4.46. The molecular formula is C21H26F3N5O3. The number of nitrogen functional groups attached to an aromatic ring is 1. The van der Waals surface area contributed by atoms with Gasteiger partial charge < -0.3 is 20.3 Å². The van der Waals surface area contributed by atoms with Gasteiger partial charge in [-0.3, -0.25) is 0 Å². The number of fused-ring (bicyclic) bond motifs is 1. The highest BCUT2D eigenvalue weighted by molar-refractivity contribution is 5.95. The topological polar surface area (TPSA) is 93.7 Å². The molecule has 1 aromatic heterocycles. The van der Waals surface area contributed by atoms with E-state index in [-0.39, 0.29) is 31.8 Å². The molecule has 11 heteroatoms. The van der Waals surface area contributed by atoms with Crippen LogP contribution in [-0.2, 0) is 0 Å². The van der Waals surface area contributed by atoms with Gasteiger partial charge in [0.2, 0.25) is 0 Å². The Bertz CT molecular complexity index is 1010. The number of nitrogens with zero attached hydrogens (tertiary/aromatic N) is 4. The second-order valence-electron chi connectivity index (χ2n) is 8.62. The summed E-state index contributed by atoms with van der Waals surface area (Å²) in [7, 11) is 0. The number of alkyl halides is 3. The molecular weight excluding hydrogens is 427 g/mol. The smallest absolute Gasteiger partial charge is 0.399 e. The number of anilines is 1. The van der Waals surface area contributed by atoms with Crippen molar-refractivity contribution in [3.63, 3.8) is 0 Å². The van der Waals surface area contributed by atoms with Gasteiger partial charge in [-0.1, -0.05) is 6.92 Å². The fraction of sp³-hybridized carbons (Fsp3) is 0.571. The van der Waals surface area contributed by atoms with Crippen LogP contribution < -0.4 is 10.5 Å². The first-order valence-electron chi connectivity index (χ1n) is 10.7. The van der Waals surface area contributed by atoms with Crippen molar-refractivity contribution in [3.05, 3.63) is 18.2 Å². The molecule has 2 N–H and O–H groups in total. The summed E-state index contributed by atoms with van der Waals surface area (Å²) in [6.07, 6.45) is -3.37. The van der Waals surface area contributed by atoms with Crippen LogP contribution in [0.2, 0.25) is 0 Å². The van der Waals surface area contributed by atoms with Crippen LogP contribution in [0.4, 0.5) is 28.4 Å². The zero-order chi connectivity index (χ0) is 23.0. The number of aromatic nitrogens is 2. The lowest BCUT2D eigenvalue weighted by Gasteiger charge is -2.32. The molecule has 0 spiro atoms. The Kier molecular flexibility index (Phi) is 5.91. The molecule has 0 atom stereocenters. The lowest BCUT2D eigenvalue weighted by molar-refractivity contribution is -0.183. The largest absolute Gasteiger partial charge is 0.416 e. The van der Waals surface area contributed by atoms with E-state index < -0.39 is 24.2 Å². The SMILES string of the molecule is CC1CCN(C(=O)Oc2nn(C(=O)N3CCC(C(F)(F)F)CC3)c3cc(N)ccc23)CC1. The Hall–Kier alpha value is -2.98. The highest BCUT2D eigenvalue weighted by Crippen LogP contribution is 2.35. The van der Waals surface area contributed by atoms with E-state index in [9.17, 15) is 22.8 Å². The Morgan fingerprint density at radius 1 is 1.06 bits per heavy atom. The maximum absolute atomic E-state index is 13.1. The van der Waals surface area contributed by atoms with Gasteiger partial charge in [0.25, 0.3) is 5.88 Å². The van der Waals surface area contributed by atoms with Crippen molar-refractivity contribution in [2.75, 3.05) is 31.9 Å². The van der Waals surface area contributed by atoms with E-state index in [1.165, 1.54) is 11.0 Å². The van der Waals surface area contributed by atoms with Gasteiger partial charge in [0.1, 0.15) is 0 Å². The molecule has 0 aliphatic carbocycles. The minimum absolute atomic E-state index is 0.0258. The number of ether oxygens (including phenoxy) is 1. The molecule has 0 bridgehead atoms. The Morgan fingerprint density at radius 2 is 1.69 bits per heavy atom. The number of halogens is 3. The van der Waals surface area contributed by atoms with Crippen LogP contribution in [-0.4, -0.2) is 64.1 Å². The number of hydrogen-bond donors (Lipinski definition) is 1. The summed E-state index contributed by atoms with van der Waals surface area (Å²) in [5.41, 5.74) is 6.59. The van der Waals surface area contributed by atoms with Gasteiger partial charge in [0.05, 0.1) is 16.8 Å². The van der Waals surface area contributed by atoms with Crippen LogP contribution in [0.15, 0.2) is 18.2 Å². The number of rotatable bonds is 1. The first-order valence-corrected chi connectivity index (χ1v) is 10.7. The fourth-order valence-electron chi connectivity index (χ4n) is 4.19. The number of amides is 2. The van der Waals surface area contributed by atoms with Crippen LogP contribution in [0.25, 0.3) is 10.9 Å². The number of benzene rings is 1. The van der Waals surface area contributed by atoms with E-state index in [0.717, 1.165) is 17.5 Å². The summed E-state index contributed by atoms with van der Waals surface area (Å²) in [5, 5.41) is 4.63. The quantitative estimate of drug-likeness (QED) is 0.657. The number of carbonyl (C=O) groups is 2. The average molecular weight is 453 g/mol. The summed E-state index contributed by atoms with van der Waals surface area (Å²) in [5.74, 6) is -0.899. The van der Waals surface area contributed by atoms with Gasteiger partial charge >= 0.3 is 18.3 Å². The third-order valence-corrected chi connectivity index (χ3v) is 6.31. The van der Waals surface area contributed by atoms with E-state index in [2.05, 4.69) is 12.0 Å². The van der Waals surface area contributed by atoms with Gasteiger partial charge in [0, 0.05) is 31.9 Å². The van der Waals surface area contributed by atoms with Crippen LogP contribution in [0.3, 0.4) is 0 Å². The third-order valence-electron chi connectivity index (χ3n) is 6.31. The predicted molar refractivity (Wildman–Crippen MR) is 111 cm³/mol. The first kappa shape index (κ1) is 22.2. The second-order valence-corrected chi connectivity index (χ2v) is 8.62. The Morgan fingerprint density at radius 3 is 2.31 bits per heavy atom. The van der Waals surface area contributed by atoms with Crippen molar-refractivity contribution in [3.8, 4) is 5.88 Å². The molecule has 2 amide bonds. The fourth-order valence-corrected chi connectivity index (χ4v) is 4.19. The average Bonchev–Trinajstić information content (AvgIpc) is 3.10. The van der Waals surface area contributed by atoms with Crippen molar-refractivity contribution in [1.82, 2.24) is 19.6 Å². The molecule has 0 unspecified atom stereocenters. The number of piperidine rings is 2. The standard InChI is InChI=1S/C21H26F3N5O3/c1-13-4-8-28(9-5-13)20(31)32-18-16-3-2-15(25)12-17(16)29(26-18)19(30)27-10-6-14(7-11-27)21(22,23)24/h2-3,12-14H,4-11,25H2,1H3. The molecule has 2 aliphatic rings. The van der Waals surface area contributed by atoms with Crippen LogP contribution >= 0.6 is 0 Å². The number of hydrogen-bond acceptors (Lipinski definition) is 5. The predicted octanol–water partition coefficient (Wildman–Crippen LogP) is 4.09.